The van der Waals surface area contributed by atoms with Crippen LogP contribution in [-0.4, -0.2) is 27.1 Å². The average molecular weight is 404 g/mol. The zero-order valence-electron chi connectivity index (χ0n) is 16.4. The van der Waals surface area contributed by atoms with Crippen LogP contribution in [0.5, 0.6) is 0 Å². The number of nitrogens with zero attached hydrogens (tertiary/aromatic N) is 2. The molecular weight excluding hydrogens is 383 g/mol. The van der Waals surface area contributed by atoms with Crippen LogP contribution in [0.3, 0.4) is 0 Å². The van der Waals surface area contributed by atoms with Gasteiger partial charge in [0, 0.05) is 24.0 Å². The minimum atomic E-state index is -0.305. The lowest BCUT2D eigenvalue weighted by molar-refractivity contribution is 0.252. The molecule has 0 aliphatic carbocycles. The van der Waals surface area contributed by atoms with Crippen LogP contribution in [-0.2, 0) is 6.61 Å². The number of aliphatic hydroxyl groups excluding tert-OH is 1. The molecule has 0 aliphatic heterocycles. The number of pyridine rings is 1. The van der Waals surface area contributed by atoms with E-state index in [9.17, 15) is 14.3 Å². The van der Waals surface area contributed by atoms with Gasteiger partial charge in [-0.1, -0.05) is 12.1 Å². The van der Waals surface area contributed by atoms with Crippen molar-refractivity contribution in [2.75, 3.05) is 11.9 Å². The Morgan fingerprint density at radius 2 is 1.87 bits per heavy atom. The highest BCUT2D eigenvalue weighted by atomic mass is 19.1. The second kappa shape index (κ2) is 8.34. The van der Waals surface area contributed by atoms with Crippen molar-refractivity contribution in [3.63, 3.8) is 0 Å². The molecule has 0 spiro atoms. The quantitative estimate of drug-likeness (QED) is 0.460. The van der Waals surface area contributed by atoms with E-state index >= 15 is 0 Å². The third kappa shape index (κ3) is 4.01. The van der Waals surface area contributed by atoms with E-state index in [1.165, 1.54) is 12.1 Å². The van der Waals surface area contributed by atoms with Crippen LogP contribution in [0.15, 0.2) is 67.0 Å². The van der Waals surface area contributed by atoms with Crippen LogP contribution in [0.2, 0.25) is 0 Å². The van der Waals surface area contributed by atoms with Crippen molar-refractivity contribution in [2.45, 2.75) is 13.5 Å². The fraction of sp³-hybridized carbons (Fsp3) is 0.130. The molecule has 0 saturated carbocycles. The van der Waals surface area contributed by atoms with Gasteiger partial charge in [-0.05, 0) is 66.1 Å². The molecule has 0 saturated heterocycles. The first kappa shape index (κ1) is 19.6. The fourth-order valence-electron chi connectivity index (χ4n) is 3.36. The molecule has 2 aromatic carbocycles. The maximum Gasteiger partial charge on any atom is 0.319 e. The molecule has 4 rings (SSSR count). The van der Waals surface area contributed by atoms with Crippen molar-refractivity contribution < 1.29 is 14.3 Å². The standard InChI is InChI=1S/C23H21FN4O2/c1-2-25-23(30)27-20-10-15(14-29)9-18(11-20)21-13-26-22-12-17(7-8-28(21)22)16-3-5-19(24)6-4-16/h3-13,29H,2,14H2,1H3,(H2,25,27,30). The number of nitrogens with one attached hydrogen (secondary N) is 2. The number of hydrogen-bond acceptors (Lipinski definition) is 3. The Kier molecular flexibility index (Phi) is 5.45. The van der Waals surface area contributed by atoms with Gasteiger partial charge in [-0.25, -0.2) is 14.2 Å². The maximum absolute atomic E-state index is 13.2. The minimum absolute atomic E-state index is 0.149. The number of amides is 2. The van der Waals surface area contributed by atoms with E-state index in [4.69, 9.17) is 0 Å². The van der Waals surface area contributed by atoms with Crippen LogP contribution >= 0.6 is 0 Å². The summed E-state index contributed by atoms with van der Waals surface area (Å²) in [7, 11) is 0. The third-order valence-electron chi connectivity index (χ3n) is 4.76. The second-order valence-electron chi connectivity index (χ2n) is 6.86. The summed E-state index contributed by atoms with van der Waals surface area (Å²) in [6.45, 7) is 2.21. The van der Waals surface area contributed by atoms with Gasteiger partial charge in [0.25, 0.3) is 0 Å². The smallest absolute Gasteiger partial charge is 0.319 e. The van der Waals surface area contributed by atoms with Crippen LogP contribution in [0.4, 0.5) is 14.9 Å². The number of halogens is 1. The van der Waals surface area contributed by atoms with E-state index in [1.807, 2.05) is 41.8 Å². The van der Waals surface area contributed by atoms with Gasteiger partial charge in [0.15, 0.2) is 0 Å². The number of hydrogen-bond donors (Lipinski definition) is 3. The number of aliphatic hydroxyl groups is 1. The molecule has 152 valence electrons. The minimum Gasteiger partial charge on any atom is -0.392 e. The molecule has 30 heavy (non-hydrogen) atoms. The van der Waals surface area contributed by atoms with Crippen LogP contribution in [0.1, 0.15) is 12.5 Å². The van der Waals surface area contributed by atoms with E-state index in [2.05, 4.69) is 15.6 Å². The van der Waals surface area contributed by atoms with E-state index in [1.54, 1.807) is 24.4 Å². The lowest BCUT2D eigenvalue weighted by atomic mass is 10.1. The Morgan fingerprint density at radius 3 is 2.60 bits per heavy atom. The summed E-state index contributed by atoms with van der Waals surface area (Å²) in [5, 5.41) is 15.1. The Balaban J connectivity index is 1.72. The largest absolute Gasteiger partial charge is 0.392 e. The summed E-state index contributed by atoms with van der Waals surface area (Å²) in [4.78, 5) is 16.4. The lowest BCUT2D eigenvalue weighted by Crippen LogP contribution is -2.28. The van der Waals surface area contributed by atoms with E-state index in [0.717, 1.165) is 28.0 Å². The van der Waals surface area contributed by atoms with Gasteiger partial charge in [0.1, 0.15) is 11.5 Å². The number of carbonyl (C=O) groups is 1. The fourth-order valence-corrected chi connectivity index (χ4v) is 3.36. The number of aromatic nitrogens is 2. The van der Waals surface area contributed by atoms with Crippen LogP contribution in [0.25, 0.3) is 28.0 Å². The van der Waals surface area contributed by atoms with Crippen molar-refractivity contribution in [3.05, 3.63) is 78.4 Å². The molecule has 2 amide bonds. The highest BCUT2D eigenvalue weighted by molar-refractivity contribution is 5.90. The molecule has 3 N–H and O–H groups in total. The van der Waals surface area contributed by atoms with Gasteiger partial charge in [0.05, 0.1) is 18.5 Å². The van der Waals surface area contributed by atoms with E-state index < -0.39 is 0 Å². The van der Waals surface area contributed by atoms with E-state index in [-0.39, 0.29) is 18.5 Å². The molecular formula is C23H21FN4O2. The first-order valence-corrected chi connectivity index (χ1v) is 9.60. The first-order valence-electron chi connectivity index (χ1n) is 9.60. The Morgan fingerprint density at radius 1 is 1.07 bits per heavy atom. The molecule has 0 unspecified atom stereocenters. The van der Waals surface area contributed by atoms with Crippen LogP contribution in [0, 0.1) is 5.82 Å². The number of carbonyl (C=O) groups excluding carboxylic acids is 1. The zero-order valence-corrected chi connectivity index (χ0v) is 16.4. The Hall–Kier alpha value is -3.71. The predicted molar refractivity (Wildman–Crippen MR) is 115 cm³/mol. The third-order valence-corrected chi connectivity index (χ3v) is 4.76. The van der Waals surface area contributed by atoms with Gasteiger partial charge < -0.3 is 15.7 Å². The number of fused-ring (bicyclic) bond motifs is 1. The average Bonchev–Trinajstić information content (AvgIpc) is 3.17. The number of benzene rings is 2. The predicted octanol–water partition coefficient (Wildman–Crippen LogP) is 4.44. The Bertz CT molecular complexity index is 1200. The van der Waals surface area contributed by atoms with Crippen LogP contribution < -0.4 is 10.6 Å². The molecule has 0 radical (unpaired) electrons. The number of urea groups is 1. The normalized spacial score (nSPS) is 10.9. The van der Waals surface area contributed by atoms with E-state index in [0.29, 0.717) is 17.8 Å². The van der Waals surface area contributed by atoms with Crippen molar-refractivity contribution >= 4 is 17.4 Å². The van der Waals surface area contributed by atoms with Crippen molar-refractivity contribution in [1.29, 1.82) is 0 Å². The SMILES string of the molecule is CCNC(=O)Nc1cc(CO)cc(-c2cnc3cc(-c4ccc(F)cc4)ccn23)c1. The summed E-state index contributed by atoms with van der Waals surface area (Å²) in [6, 6.07) is 15.3. The molecule has 0 aliphatic rings. The van der Waals surface area contributed by atoms with Crippen molar-refractivity contribution in [3.8, 4) is 22.4 Å². The summed E-state index contributed by atoms with van der Waals surface area (Å²) in [6.07, 6.45) is 3.65. The van der Waals surface area contributed by atoms with Gasteiger partial charge in [-0.2, -0.15) is 0 Å². The topological polar surface area (TPSA) is 78.7 Å². The molecule has 6 nitrogen and oxygen atoms in total. The lowest BCUT2D eigenvalue weighted by Gasteiger charge is -2.11. The molecule has 7 heteroatoms. The first-order chi connectivity index (χ1) is 14.6. The van der Waals surface area contributed by atoms with Gasteiger partial charge in [-0.15, -0.1) is 0 Å². The molecule has 4 aromatic rings. The molecule has 0 bridgehead atoms. The van der Waals surface area contributed by atoms with Gasteiger partial charge in [0.2, 0.25) is 0 Å². The Labute approximate surface area is 173 Å². The summed E-state index contributed by atoms with van der Waals surface area (Å²) in [5.74, 6) is -0.274. The number of anilines is 1. The summed E-state index contributed by atoms with van der Waals surface area (Å²) in [5.41, 5.74) is 5.47. The van der Waals surface area contributed by atoms with Gasteiger partial charge in [-0.3, -0.25) is 4.40 Å². The number of rotatable bonds is 5. The molecule has 0 atom stereocenters. The summed E-state index contributed by atoms with van der Waals surface area (Å²) < 4.78 is 15.1. The second-order valence-corrected chi connectivity index (χ2v) is 6.86. The maximum atomic E-state index is 13.2. The molecule has 2 heterocycles. The van der Waals surface area contributed by atoms with Gasteiger partial charge >= 0.3 is 6.03 Å². The monoisotopic (exact) mass is 404 g/mol. The zero-order chi connectivity index (χ0) is 21.1. The molecule has 0 fully saturated rings. The molecule has 2 aromatic heterocycles. The number of imidazole rings is 1. The van der Waals surface area contributed by atoms with Crippen molar-refractivity contribution in [1.82, 2.24) is 14.7 Å². The summed E-state index contributed by atoms with van der Waals surface area (Å²) >= 11 is 0. The highest BCUT2D eigenvalue weighted by Crippen LogP contribution is 2.28. The van der Waals surface area contributed by atoms with Crippen molar-refractivity contribution in [2.24, 2.45) is 0 Å². The highest BCUT2D eigenvalue weighted by Gasteiger charge is 2.11.